The third-order valence-corrected chi connectivity index (χ3v) is 6.60. The zero-order valence-corrected chi connectivity index (χ0v) is 23.4. The Hall–Kier alpha value is -4.78. The van der Waals surface area contributed by atoms with Gasteiger partial charge in [0.1, 0.15) is 17.6 Å². The smallest absolute Gasteiger partial charge is 0.416 e. The number of halogens is 8. The number of benzene rings is 3. The van der Waals surface area contributed by atoms with Crippen molar-refractivity contribution in [2.45, 2.75) is 23.1 Å². The molecule has 3 aromatic rings. The molecule has 0 fully saturated rings. The molecule has 0 aliphatic carbocycles. The second-order valence-corrected chi connectivity index (χ2v) is 9.19. The summed E-state index contributed by atoms with van der Waals surface area (Å²) >= 11 is 13.4. The van der Waals surface area contributed by atoms with Crippen LogP contribution >= 0.6 is 23.2 Å². The van der Waals surface area contributed by atoms with Crippen LogP contribution in [0, 0.1) is 59.9 Å². The second-order valence-electron chi connectivity index (χ2n) is 8.32. The van der Waals surface area contributed by atoms with Crippen LogP contribution in [0.25, 0.3) is 0 Å². The SMILES string of the molecule is C#CC#CC#CC#CC#COc1cc(C(Cl)c2ccc(C(F)(F)F)cc2)c(OC)cc1C(Cl)c1ccc(C(F)(F)F)cc1. The van der Waals surface area contributed by atoms with E-state index in [9.17, 15) is 26.3 Å². The maximum absolute atomic E-state index is 13.1. The minimum Gasteiger partial charge on any atom is -0.496 e. The molecular formula is C33H16Cl2F6O2. The normalized spacial score (nSPS) is 11.8. The molecule has 0 saturated heterocycles. The van der Waals surface area contributed by atoms with E-state index in [1.54, 1.807) is 0 Å². The first-order valence-electron chi connectivity index (χ1n) is 11.8. The van der Waals surface area contributed by atoms with Crippen molar-refractivity contribution in [2.24, 2.45) is 0 Å². The Bertz CT molecular complexity index is 1760. The Kier molecular flexibility index (Phi) is 11.0. The molecule has 43 heavy (non-hydrogen) atoms. The van der Waals surface area contributed by atoms with E-state index < -0.39 is 34.2 Å². The summed E-state index contributed by atoms with van der Waals surface area (Å²) in [6, 6.07) is 11.4. The summed E-state index contributed by atoms with van der Waals surface area (Å²) in [5, 5.41) is -2.03. The van der Waals surface area contributed by atoms with Crippen LogP contribution in [-0.4, -0.2) is 7.11 Å². The lowest BCUT2D eigenvalue weighted by Crippen LogP contribution is -2.07. The lowest BCUT2D eigenvalue weighted by molar-refractivity contribution is -0.138. The number of terminal acetylenes is 1. The van der Waals surface area contributed by atoms with Crippen molar-refractivity contribution in [2.75, 3.05) is 7.11 Å². The van der Waals surface area contributed by atoms with Gasteiger partial charge in [-0.05, 0) is 71.2 Å². The molecule has 0 amide bonds. The highest BCUT2D eigenvalue weighted by atomic mass is 35.5. The zero-order chi connectivity index (χ0) is 31.6. The number of hydrogen-bond acceptors (Lipinski definition) is 2. The van der Waals surface area contributed by atoms with Crippen LogP contribution < -0.4 is 9.47 Å². The van der Waals surface area contributed by atoms with Crippen LogP contribution in [0.1, 0.15) is 44.1 Å². The van der Waals surface area contributed by atoms with Gasteiger partial charge in [0.05, 0.1) is 29.0 Å². The van der Waals surface area contributed by atoms with E-state index in [0.717, 1.165) is 24.3 Å². The predicted molar refractivity (Wildman–Crippen MR) is 152 cm³/mol. The van der Waals surface area contributed by atoms with Crippen molar-refractivity contribution in [1.29, 1.82) is 0 Å². The van der Waals surface area contributed by atoms with Crippen molar-refractivity contribution < 1.29 is 35.8 Å². The molecule has 0 radical (unpaired) electrons. The van der Waals surface area contributed by atoms with E-state index >= 15 is 0 Å². The van der Waals surface area contributed by atoms with Gasteiger partial charge in [0.2, 0.25) is 0 Å². The summed E-state index contributed by atoms with van der Waals surface area (Å²) in [5.74, 6) is 19.1. The summed E-state index contributed by atoms with van der Waals surface area (Å²) < 4.78 is 89.4. The van der Waals surface area contributed by atoms with Gasteiger partial charge >= 0.3 is 12.4 Å². The van der Waals surface area contributed by atoms with Gasteiger partial charge in [-0.3, -0.25) is 0 Å². The molecule has 0 heterocycles. The number of methoxy groups -OCH3 is 1. The number of alkyl halides is 8. The van der Waals surface area contributed by atoms with Crippen LogP contribution in [0.5, 0.6) is 11.5 Å². The van der Waals surface area contributed by atoms with Gasteiger partial charge in [-0.25, -0.2) is 0 Å². The first-order chi connectivity index (χ1) is 20.4. The highest BCUT2D eigenvalue weighted by Crippen LogP contribution is 2.44. The molecule has 0 bridgehead atoms. The fraction of sp³-hybridized carbons (Fsp3) is 0.152. The quantitative estimate of drug-likeness (QED) is 0.155. The summed E-state index contributed by atoms with van der Waals surface area (Å²) in [7, 11) is 1.34. The maximum Gasteiger partial charge on any atom is 0.416 e. The maximum atomic E-state index is 13.1. The minimum atomic E-state index is -4.54. The number of rotatable bonds is 6. The van der Waals surface area contributed by atoms with Gasteiger partial charge in [-0.2, -0.15) is 26.3 Å². The molecule has 2 nitrogen and oxygen atoms in total. The summed E-state index contributed by atoms with van der Waals surface area (Å²) in [6.45, 7) is 0. The number of hydrogen-bond donors (Lipinski definition) is 0. The third-order valence-electron chi connectivity index (χ3n) is 5.63. The van der Waals surface area contributed by atoms with Crippen LogP contribution in [0.3, 0.4) is 0 Å². The Balaban J connectivity index is 2.06. The van der Waals surface area contributed by atoms with Crippen molar-refractivity contribution in [3.8, 4) is 71.4 Å². The fourth-order valence-corrected chi connectivity index (χ4v) is 4.22. The van der Waals surface area contributed by atoms with Gasteiger partial charge in [0.25, 0.3) is 0 Å². The third kappa shape index (κ3) is 8.85. The highest BCUT2D eigenvalue weighted by Gasteiger charge is 2.32. The Morgan fingerprint density at radius 3 is 1.44 bits per heavy atom. The van der Waals surface area contributed by atoms with Gasteiger partial charge < -0.3 is 9.47 Å². The average Bonchev–Trinajstić information content (AvgIpc) is 2.98. The molecule has 0 saturated carbocycles. The largest absolute Gasteiger partial charge is 0.496 e. The minimum absolute atomic E-state index is 0.0496. The van der Waals surface area contributed by atoms with Crippen LogP contribution in [-0.2, 0) is 12.4 Å². The molecule has 10 heteroatoms. The molecule has 2 atom stereocenters. The Labute approximate surface area is 254 Å². The molecule has 3 aromatic carbocycles. The van der Waals surface area contributed by atoms with E-state index in [2.05, 4.69) is 53.5 Å². The monoisotopic (exact) mass is 628 g/mol. The van der Waals surface area contributed by atoms with Crippen molar-refractivity contribution in [3.63, 3.8) is 0 Å². The summed E-state index contributed by atoms with van der Waals surface area (Å²) in [6.07, 6.45) is -1.72. The topological polar surface area (TPSA) is 18.5 Å². The number of ether oxygens (including phenoxy) is 2. The lowest BCUT2D eigenvalue weighted by atomic mass is 9.96. The Morgan fingerprint density at radius 2 is 1.02 bits per heavy atom. The molecule has 3 rings (SSSR count). The molecule has 0 spiro atoms. The van der Waals surface area contributed by atoms with E-state index in [0.29, 0.717) is 16.7 Å². The molecule has 216 valence electrons. The summed E-state index contributed by atoms with van der Waals surface area (Å²) in [4.78, 5) is 0. The first-order valence-corrected chi connectivity index (χ1v) is 12.7. The standard InChI is InChI=1S/C33H16Cl2F6O2/c1-3-4-5-6-7-8-9-10-19-43-29-21-26(30(34)22-11-15-24(16-12-22)32(36,37)38)28(42-2)20-27(29)31(35)23-13-17-25(18-14-23)33(39,40)41/h1,11-18,20-21,30-31H,2H3. The van der Waals surface area contributed by atoms with Gasteiger partial charge in [0, 0.05) is 34.8 Å². The van der Waals surface area contributed by atoms with E-state index in [1.807, 2.05) is 0 Å². The van der Waals surface area contributed by atoms with Crippen LogP contribution in [0.15, 0.2) is 60.7 Å². The predicted octanol–water partition coefficient (Wildman–Crippen LogP) is 8.37. The zero-order valence-electron chi connectivity index (χ0n) is 21.8. The molecule has 0 aliphatic heterocycles. The first kappa shape index (κ1) is 32.7. The van der Waals surface area contributed by atoms with E-state index in [-0.39, 0.29) is 17.1 Å². The van der Waals surface area contributed by atoms with Gasteiger partial charge in [-0.15, -0.1) is 29.6 Å². The van der Waals surface area contributed by atoms with Gasteiger partial charge in [0.15, 0.2) is 0 Å². The highest BCUT2D eigenvalue weighted by molar-refractivity contribution is 6.23. The van der Waals surface area contributed by atoms with E-state index in [1.165, 1.54) is 43.5 Å². The van der Waals surface area contributed by atoms with E-state index in [4.69, 9.17) is 39.1 Å². The Morgan fingerprint density at radius 1 is 0.628 bits per heavy atom. The van der Waals surface area contributed by atoms with Crippen molar-refractivity contribution >= 4 is 23.2 Å². The molecule has 0 aromatic heterocycles. The van der Waals surface area contributed by atoms with Crippen LogP contribution in [0.2, 0.25) is 0 Å². The molecule has 2 unspecified atom stereocenters. The lowest BCUT2D eigenvalue weighted by Gasteiger charge is -2.20. The van der Waals surface area contributed by atoms with Crippen molar-refractivity contribution in [1.82, 2.24) is 0 Å². The molecule has 0 aliphatic rings. The fourth-order valence-electron chi connectivity index (χ4n) is 3.59. The van der Waals surface area contributed by atoms with Crippen LogP contribution in [0.4, 0.5) is 26.3 Å². The molecule has 0 N–H and O–H groups in total. The average molecular weight is 629 g/mol. The molecular weight excluding hydrogens is 613 g/mol. The van der Waals surface area contributed by atoms with Crippen molar-refractivity contribution in [3.05, 3.63) is 94.0 Å². The second kappa shape index (κ2) is 14.4. The summed E-state index contributed by atoms with van der Waals surface area (Å²) in [5.41, 5.74) is -0.536. The van der Waals surface area contributed by atoms with Gasteiger partial charge in [-0.1, -0.05) is 24.3 Å².